The number of primary amides is 1. The van der Waals surface area contributed by atoms with Crippen LogP contribution in [0.1, 0.15) is 51.1 Å². The number of likely N-dealkylation sites (N-methyl/N-ethyl adjacent to an activating group) is 1. The van der Waals surface area contributed by atoms with Gasteiger partial charge in [0.25, 0.3) is 17.4 Å². The Morgan fingerprint density at radius 1 is 0.891 bits per heavy atom. The van der Waals surface area contributed by atoms with Gasteiger partial charge >= 0.3 is 31.8 Å². The molecule has 9 rings (SSSR count). The van der Waals surface area contributed by atoms with Gasteiger partial charge in [0.15, 0.2) is 41.2 Å². The number of hydrogen-bond acceptors (Lipinski definition) is 28. The van der Waals surface area contributed by atoms with Crippen LogP contribution >= 0.6 is 25.8 Å². The Morgan fingerprint density at radius 3 is 2.27 bits per heavy atom. The van der Waals surface area contributed by atoms with E-state index in [1.54, 1.807) is 26.0 Å². The minimum atomic E-state index is -4.57. The fourth-order valence-electron chi connectivity index (χ4n) is 9.79. The number of rotatable bonds is 21. The SMILES string of the molecule is CC(C)[C@H](NC(=O)CCN1C(=O)C=CC1=O)C(=O)N[C@@H](CCCNC(N)=O)C(=O)Nc1ccc(COC(=O)N(C)CCOC(=O)O[C@@H]2[C@@H]3OP(O)(=S)OC[C@H]4O[C@@H](n5cnc6c(=O)[nH]c(N)nc65)[C@H](O)[C@@H]4OP(=O)(S)OC[C@H]3O[C@H]2n2cnc3c(N)ncnc32)cc1. The lowest BCUT2D eigenvalue weighted by Gasteiger charge is -2.30. The Bertz CT molecular complexity index is 3800. The van der Waals surface area contributed by atoms with E-state index in [2.05, 4.69) is 63.4 Å². The quantitative estimate of drug-likeness (QED) is 0.0145. The molecule has 92 heavy (non-hydrogen) atoms. The van der Waals surface area contributed by atoms with Crippen LogP contribution in [0.3, 0.4) is 0 Å². The van der Waals surface area contributed by atoms with Gasteiger partial charge in [-0.1, -0.05) is 38.2 Å². The van der Waals surface area contributed by atoms with Crippen molar-refractivity contribution in [2.75, 3.05) is 63.3 Å². The average Bonchev–Trinajstić information content (AvgIpc) is 1.61. The second kappa shape index (κ2) is 29.1. The summed E-state index contributed by atoms with van der Waals surface area (Å²) >= 11 is 9.60. The van der Waals surface area contributed by atoms with Gasteiger partial charge in [-0.25, -0.2) is 38.9 Å². The summed E-state index contributed by atoms with van der Waals surface area (Å²) in [6.45, 7) is -8.37. The van der Waals surface area contributed by atoms with Crippen molar-refractivity contribution in [3.63, 3.8) is 0 Å². The van der Waals surface area contributed by atoms with Gasteiger partial charge in [-0.15, -0.1) is 0 Å². The molecule has 4 aliphatic rings. The minimum absolute atomic E-state index is 0.0235. The summed E-state index contributed by atoms with van der Waals surface area (Å²) in [7, 11) is 1.35. The van der Waals surface area contributed by atoms with Crippen LogP contribution < -0.4 is 44.0 Å². The number of carbonyl (C=O) groups is 8. The number of imide groups is 1. The Balaban J connectivity index is 0.800. The highest BCUT2D eigenvalue weighted by Crippen LogP contribution is 2.58. The zero-order valence-electron chi connectivity index (χ0n) is 48.8. The van der Waals surface area contributed by atoms with Gasteiger partial charge in [0, 0.05) is 44.4 Å². The standard InChI is InChI=1S/C50H63N17O21P2S2/c1-23(2)32(61-29(68)12-14-65-30(69)10-11-31(65)70)43(73)60-26(5-4-13-54-48(53)75)42(72)59-25-8-6-24(7-9-25)17-81-49(76)64(3)15-16-80-50(77)86-38-37-28(85-46(38)66-21-57-33-39(51)55-20-56-40(33)66)19-83-89(78,91)87-36-27(18-82-90(79,92)88-37)84-45(35(36)71)67-22-58-34-41(67)62-47(52)63-44(34)74/h6-11,20-23,26-28,32,35-38,45-46,71H,4-5,12-19H2,1-3H3,(H,59,72)(H,60,73)(H,61,68)(H,78,91)(H,79,92)(H2,51,55,56)(H3,53,54,75)(H3,52,62,63,74)/t26-,27+,28+,32-,35+,36+,37+,38+,45+,46+,89?,90?/m0/s1. The van der Waals surface area contributed by atoms with Crippen molar-refractivity contribution in [2.24, 2.45) is 11.7 Å². The third kappa shape index (κ3) is 16.5. The van der Waals surface area contributed by atoms with Crippen LogP contribution in [-0.2, 0) is 88.7 Å². The van der Waals surface area contributed by atoms with Crippen molar-refractivity contribution in [1.29, 1.82) is 0 Å². The third-order valence-electron chi connectivity index (χ3n) is 14.4. The molecule has 4 aliphatic heterocycles. The van der Waals surface area contributed by atoms with Gasteiger partial charge in [-0.2, -0.15) is 4.98 Å². The molecular weight excluding hydrogens is 1300 g/mol. The Morgan fingerprint density at radius 2 is 1.57 bits per heavy atom. The second-order valence-corrected chi connectivity index (χ2v) is 26.9. The number of nitrogens with two attached hydrogens (primary N) is 3. The summed E-state index contributed by atoms with van der Waals surface area (Å²) in [5, 5.41) is 22.0. The first-order valence-electron chi connectivity index (χ1n) is 27.9. The molecule has 38 nitrogen and oxygen atoms in total. The number of hydrogen-bond donors (Lipinski definition) is 11. The number of thiol groups is 1. The van der Waals surface area contributed by atoms with E-state index in [9.17, 15) is 57.7 Å². The predicted molar refractivity (Wildman–Crippen MR) is 321 cm³/mol. The van der Waals surface area contributed by atoms with Crippen LogP contribution in [0.15, 0.2) is 60.2 Å². The number of carbonyl (C=O) groups excluding carboxylic acids is 8. The number of imidazole rings is 2. The van der Waals surface area contributed by atoms with Crippen molar-refractivity contribution in [1.82, 2.24) is 64.8 Å². The molecule has 4 aromatic heterocycles. The first-order chi connectivity index (χ1) is 43.6. The first kappa shape index (κ1) is 68.1. The summed E-state index contributed by atoms with van der Waals surface area (Å²) in [6, 6.07) is 3.00. The molecule has 12 atom stereocenters. The lowest BCUT2D eigenvalue weighted by molar-refractivity contribution is -0.137. The topological polar surface area (TPSA) is 517 Å². The molecule has 13 N–H and O–H groups in total. The first-order valence-corrected chi connectivity index (χ1v) is 33.2. The van der Waals surface area contributed by atoms with E-state index < -0.39 is 154 Å². The average molecular weight is 1360 g/mol. The Labute approximate surface area is 529 Å². The smallest absolute Gasteiger partial charge is 0.445 e. The highest BCUT2D eigenvalue weighted by Gasteiger charge is 2.55. The number of H-pyrrole nitrogens is 1. The molecule has 0 spiro atoms. The molecule has 5 aromatic rings. The maximum absolute atomic E-state index is 14.0. The van der Waals surface area contributed by atoms with Crippen LogP contribution in [-0.4, -0.2) is 202 Å². The van der Waals surface area contributed by atoms with Crippen LogP contribution in [0.25, 0.3) is 22.3 Å². The number of nitrogen functional groups attached to an aromatic ring is 2. The fraction of sp³-hybridized carbons (Fsp3) is 0.480. The van der Waals surface area contributed by atoms with E-state index in [0.29, 0.717) is 5.56 Å². The van der Waals surface area contributed by atoms with Crippen molar-refractivity contribution >= 4 is 125 Å². The molecule has 2 unspecified atom stereocenters. The number of aromatic nitrogens is 8. The van der Waals surface area contributed by atoms with Gasteiger partial charge in [-0.05, 0) is 48.3 Å². The summed E-state index contributed by atoms with van der Waals surface area (Å²) in [4.78, 5) is 151. The number of nitrogens with zero attached hydrogens (tertiary/aromatic N) is 9. The van der Waals surface area contributed by atoms with Crippen molar-refractivity contribution in [3.05, 3.63) is 71.3 Å². The number of benzene rings is 1. The third-order valence-corrected chi connectivity index (χ3v) is 17.6. The van der Waals surface area contributed by atoms with E-state index in [-0.39, 0.29) is 85.3 Å². The summed E-state index contributed by atoms with van der Waals surface area (Å²) in [5.74, 6) is -3.90. The molecule has 0 radical (unpaired) electrons. The van der Waals surface area contributed by atoms with Crippen LogP contribution in [0.5, 0.6) is 0 Å². The largest absolute Gasteiger partial charge is 0.508 e. The number of aromatic amines is 1. The molecule has 0 bridgehead atoms. The zero-order chi connectivity index (χ0) is 66.3. The maximum Gasteiger partial charge on any atom is 0.508 e. The number of anilines is 3. The predicted octanol–water partition coefficient (Wildman–Crippen LogP) is -0.530. The zero-order valence-corrected chi connectivity index (χ0v) is 52.3. The van der Waals surface area contributed by atoms with Crippen molar-refractivity contribution < 1.29 is 94.7 Å². The van der Waals surface area contributed by atoms with E-state index in [0.717, 1.165) is 34.6 Å². The molecular formula is C50H63N17O21P2S2. The van der Waals surface area contributed by atoms with Crippen molar-refractivity contribution in [2.45, 2.75) is 101 Å². The van der Waals surface area contributed by atoms with Gasteiger partial charge in [0.2, 0.25) is 23.7 Å². The molecule has 0 saturated carbocycles. The number of ether oxygens (including phenoxy) is 5. The monoisotopic (exact) mass is 1360 g/mol. The van der Waals surface area contributed by atoms with Gasteiger partial charge in [-0.3, -0.25) is 61.4 Å². The minimum Gasteiger partial charge on any atom is -0.445 e. The van der Waals surface area contributed by atoms with Crippen molar-refractivity contribution in [3.8, 4) is 0 Å². The van der Waals surface area contributed by atoms with Gasteiger partial charge in [0.05, 0.1) is 32.4 Å². The number of amides is 8. The van der Waals surface area contributed by atoms with E-state index in [1.807, 2.05) is 0 Å². The maximum atomic E-state index is 14.0. The van der Waals surface area contributed by atoms with Gasteiger partial charge in [0.1, 0.15) is 67.7 Å². The molecule has 42 heteroatoms. The Hall–Kier alpha value is -8.27. The normalized spacial score (nSPS) is 25.4. The second-order valence-electron chi connectivity index (χ2n) is 21.2. The summed E-state index contributed by atoms with van der Waals surface area (Å²) in [5.41, 5.74) is 17.0. The summed E-state index contributed by atoms with van der Waals surface area (Å²) in [6.07, 6.45) is -9.06. The van der Waals surface area contributed by atoms with E-state index in [4.69, 9.17) is 70.8 Å². The highest BCUT2D eigenvalue weighted by molar-refractivity contribution is 8.44. The van der Waals surface area contributed by atoms with Gasteiger partial charge < -0.3 is 81.6 Å². The number of aliphatic hydroxyl groups excluding tert-OH is 1. The van der Waals surface area contributed by atoms with E-state index >= 15 is 0 Å². The lowest BCUT2D eigenvalue weighted by Crippen LogP contribution is -2.54. The molecule has 8 amide bonds. The van der Waals surface area contributed by atoms with Crippen LogP contribution in [0.4, 0.5) is 31.8 Å². The Kier molecular flexibility index (Phi) is 21.6. The molecule has 3 saturated heterocycles. The van der Waals surface area contributed by atoms with E-state index in [1.165, 1.54) is 34.6 Å². The fourth-order valence-corrected chi connectivity index (χ4v) is 12.7. The lowest BCUT2D eigenvalue weighted by atomic mass is 10.0. The number of fused-ring (bicyclic) bond motifs is 4. The molecule has 496 valence electrons. The molecule has 3 fully saturated rings. The molecule has 0 aliphatic carbocycles. The molecule has 8 heterocycles. The summed E-state index contributed by atoms with van der Waals surface area (Å²) < 4.78 is 68.7. The molecule has 1 aromatic carbocycles. The number of urea groups is 1. The van der Waals surface area contributed by atoms with Crippen LogP contribution in [0.2, 0.25) is 0 Å². The van der Waals surface area contributed by atoms with Crippen LogP contribution in [0, 0.1) is 5.92 Å². The number of nitrogens with one attached hydrogen (secondary N) is 5. The highest BCUT2D eigenvalue weighted by atomic mass is 32.7. The number of aliphatic hydroxyl groups is 1.